The summed E-state index contributed by atoms with van der Waals surface area (Å²) < 4.78 is 73.0. The molecule has 1 fully saturated rings. The zero-order valence-electron chi connectivity index (χ0n) is 19.6. The Morgan fingerprint density at radius 3 is 2.41 bits per heavy atom. The number of carbonyl (C=O) groups excluding carboxylic acids is 1. The Labute approximate surface area is 220 Å². The van der Waals surface area contributed by atoms with Crippen LogP contribution < -0.4 is 11.1 Å². The van der Waals surface area contributed by atoms with Gasteiger partial charge in [0.2, 0.25) is 0 Å². The number of hydrogen-bond donors (Lipinski definition) is 4. The number of nitrogens with zero attached hydrogens (tertiary/aromatic N) is 3. The summed E-state index contributed by atoms with van der Waals surface area (Å²) in [5, 5.41) is 17.9. The van der Waals surface area contributed by atoms with Gasteiger partial charge in [-0.05, 0) is 18.2 Å². The minimum absolute atomic E-state index is 0.0183. The first-order valence-electron chi connectivity index (χ1n) is 10.8. The first-order chi connectivity index (χ1) is 18.3. The van der Waals surface area contributed by atoms with Gasteiger partial charge in [0, 0.05) is 22.9 Å². The minimum Gasteiger partial charge on any atom is -0.481 e. The number of alkyl halides is 4. The number of fused-ring (bicyclic) bond motifs is 1. The van der Waals surface area contributed by atoms with Gasteiger partial charge in [-0.2, -0.15) is 13.2 Å². The number of carbonyl (C=O) groups is 3. The Balaban J connectivity index is 0.000000532. The number of aromatic nitrogens is 2. The fourth-order valence-electron chi connectivity index (χ4n) is 3.90. The summed E-state index contributed by atoms with van der Waals surface area (Å²) >= 11 is 0.942. The fourth-order valence-corrected chi connectivity index (χ4v) is 4.92. The van der Waals surface area contributed by atoms with E-state index in [0.717, 1.165) is 30.2 Å². The highest BCUT2D eigenvalue weighted by Crippen LogP contribution is 2.52. The Morgan fingerprint density at radius 2 is 1.87 bits per heavy atom. The second-order valence-corrected chi connectivity index (χ2v) is 9.24. The van der Waals surface area contributed by atoms with Gasteiger partial charge in [-0.1, -0.05) is 11.8 Å². The van der Waals surface area contributed by atoms with Gasteiger partial charge in [-0.3, -0.25) is 19.4 Å². The van der Waals surface area contributed by atoms with Crippen LogP contribution in [0.4, 0.5) is 27.6 Å². The third-order valence-electron chi connectivity index (χ3n) is 5.57. The monoisotopic (exact) mass is 577 g/mol. The number of hydrogen-bond acceptors (Lipinski definition) is 9. The van der Waals surface area contributed by atoms with E-state index in [4.69, 9.17) is 20.7 Å². The van der Waals surface area contributed by atoms with Gasteiger partial charge in [-0.15, -0.1) is 0 Å². The van der Waals surface area contributed by atoms with Gasteiger partial charge in [0.1, 0.15) is 30.1 Å². The van der Waals surface area contributed by atoms with Gasteiger partial charge in [-0.25, -0.2) is 18.8 Å². The summed E-state index contributed by atoms with van der Waals surface area (Å²) in [6.45, 7) is -1.37. The van der Waals surface area contributed by atoms with Crippen molar-refractivity contribution in [1.29, 1.82) is 0 Å². The Kier molecular flexibility index (Phi) is 9.06. The number of aliphatic imine (C=N–C) groups is 1. The molecule has 1 aromatic carbocycles. The lowest BCUT2D eigenvalue weighted by atomic mass is 9.78. The highest BCUT2D eigenvalue weighted by molar-refractivity contribution is 8.13. The van der Waals surface area contributed by atoms with Gasteiger partial charge in [0.15, 0.2) is 11.3 Å². The molecule has 11 nitrogen and oxygen atoms in total. The van der Waals surface area contributed by atoms with Crippen molar-refractivity contribution in [2.24, 2.45) is 16.6 Å². The van der Waals surface area contributed by atoms with Gasteiger partial charge in [0.05, 0.1) is 24.7 Å². The molecule has 2 aliphatic heterocycles. The number of nitrogens with one attached hydrogen (secondary N) is 1. The molecule has 4 rings (SSSR count). The van der Waals surface area contributed by atoms with Crippen LogP contribution in [0.3, 0.4) is 0 Å². The van der Waals surface area contributed by atoms with Crippen molar-refractivity contribution in [3.63, 3.8) is 0 Å². The van der Waals surface area contributed by atoms with E-state index in [0.29, 0.717) is 0 Å². The zero-order valence-corrected chi connectivity index (χ0v) is 20.4. The van der Waals surface area contributed by atoms with Gasteiger partial charge >= 0.3 is 18.1 Å². The zero-order chi connectivity index (χ0) is 29.0. The molecular formula is C22H20F5N5O6S. The van der Waals surface area contributed by atoms with E-state index < -0.39 is 67.1 Å². The van der Waals surface area contributed by atoms with Crippen LogP contribution in [-0.2, 0) is 26.5 Å². The quantitative estimate of drug-likeness (QED) is 0.295. The number of ether oxygens (including phenoxy) is 1. The molecular weight excluding hydrogens is 557 g/mol. The lowest BCUT2D eigenvalue weighted by Crippen LogP contribution is -2.46. The molecule has 0 unspecified atom stereocenters. The molecule has 39 heavy (non-hydrogen) atoms. The van der Waals surface area contributed by atoms with Crippen LogP contribution in [0.1, 0.15) is 28.2 Å². The van der Waals surface area contributed by atoms with E-state index in [-0.39, 0.29) is 33.6 Å². The summed E-state index contributed by atoms with van der Waals surface area (Å²) in [4.78, 5) is 43.0. The number of benzene rings is 1. The topological polar surface area (TPSA) is 177 Å². The average Bonchev–Trinajstić information content (AvgIpc) is 3.25. The molecule has 2 aliphatic rings. The second kappa shape index (κ2) is 11.9. The summed E-state index contributed by atoms with van der Waals surface area (Å²) in [5.74, 6) is -5.42. The van der Waals surface area contributed by atoms with Crippen LogP contribution in [0.5, 0.6) is 0 Å². The first kappa shape index (κ1) is 29.7. The number of aliphatic carboxylic acids is 2. The number of halogens is 5. The summed E-state index contributed by atoms with van der Waals surface area (Å²) in [6.07, 6.45) is -5.43. The van der Waals surface area contributed by atoms with Crippen molar-refractivity contribution in [2.75, 3.05) is 17.7 Å². The third kappa shape index (κ3) is 6.97. The smallest absolute Gasteiger partial charge is 0.415 e. The minimum atomic E-state index is -4.67. The van der Waals surface area contributed by atoms with Crippen LogP contribution in [-0.4, -0.2) is 67.8 Å². The standard InChI is InChI=1S/C19H16F5N5O2S.C3H4O4/c20-4-10-5-27-14(6-26-10)16(30)28-9-1-2-13(21)11(3-9)18-8-31-15(19(22,23)24)12(18)7-32-17(25)29-18;4-2(5)1-3(6)7/h1-3,5-6,12,15H,4,7-8H2,(H2,25,29)(H,28,30);1H2,(H,4,5)(H,6,7)/t12-,15+,18-;/m1./s1. The molecule has 17 heteroatoms. The van der Waals surface area contributed by atoms with E-state index in [1.807, 2.05) is 0 Å². The first-order valence-corrected chi connectivity index (χ1v) is 11.8. The number of anilines is 1. The Hall–Kier alpha value is -3.86. The van der Waals surface area contributed by atoms with Gasteiger partial charge < -0.3 is 26.0 Å². The predicted molar refractivity (Wildman–Crippen MR) is 126 cm³/mol. The normalized spacial score (nSPS) is 22.1. The van der Waals surface area contributed by atoms with E-state index in [1.54, 1.807) is 0 Å². The molecule has 0 aliphatic carbocycles. The molecule has 0 radical (unpaired) electrons. The molecule has 1 amide bonds. The largest absolute Gasteiger partial charge is 0.481 e. The maximum Gasteiger partial charge on any atom is 0.415 e. The molecule has 2 aromatic rings. The van der Waals surface area contributed by atoms with Crippen LogP contribution in [0, 0.1) is 11.7 Å². The highest BCUT2D eigenvalue weighted by atomic mass is 32.2. The molecule has 0 spiro atoms. The van der Waals surface area contributed by atoms with Crippen LogP contribution in [0.15, 0.2) is 35.6 Å². The van der Waals surface area contributed by atoms with E-state index >= 15 is 0 Å². The Morgan fingerprint density at radius 1 is 1.18 bits per heavy atom. The summed E-state index contributed by atoms with van der Waals surface area (Å²) in [7, 11) is 0. The maximum atomic E-state index is 14.9. The van der Waals surface area contributed by atoms with Crippen LogP contribution >= 0.6 is 11.8 Å². The second-order valence-electron chi connectivity index (χ2n) is 8.20. The molecule has 210 valence electrons. The van der Waals surface area contributed by atoms with Crippen molar-refractivity contribution < 1.29 is 51.3 Å². The van der Waals surface area contributed by atoms with Crippen LogP contribution in [0.2, 0.25) is 0 Å². The van der Waals surface area contributed by atoms with Crippen molar-refractivity contribution in [2.45, 2.75) is 30.9 Å². The number of carboxylic acid groups (broad SMARTS) is 2. The van der Waals surface area contributed by atoms with Gasteiger partial charge in [0.25, 0.3) is 5.91 Å². The molecule has 3 atom stereocenters. The van der Waals surface area contributed by atoms with Crippen molar-refractivity contribution in [3.05, 3.63) is 53.4 Å². The average molecular weight is 577 g/mol. The highest BCUT2D eigenvalue weighted by Gasteiger charge is 2.62. The number of carboxylic acids is 2. The number of nitrogens with two attached hydrogens (primary N) is 1. The molecule has 0 saturated carbocycles. The number of amidine groups is 1. The SMILES string of the molecule is NC1=N[C@@]2(c3cc(NC(=O)c4cnc(CF)cn4)ccc3F)CO[C@H](C(F)(F)F)[C@H]2CS1.O=C(O)CC(=O)O. The molecule has 1 aromatic heterocycles. The number of thioether (sulfide) groups is 1. The molecule has 0 bridgehead atoms. The maximum absolute atomic E-state index is 14.9. The molecule has 3 heterocycles. The predicted octanol–water partition coefficient (Wildman–Crippen LogP) is 2.72. The summed E-state index contributed by atoms with van der Waals surface area (Å²) in [5.41, 5.74) is 3.93. The van der Waals surface area contributed by atoms with Crippen LogP contribution in [0.25, 0.3) is 0 Å². The van der Waals surface area contributed by atoms with Crippen molar-refractivity contribution in [1.82, 2.24) is 9.97 Å². The Bertz CT molecular complexity index is 1270. The molecule has 1 saturated heterocycles. The van der Waals surface area contributed by atoms with E-state index in [2.05, 4.69) is 20.3 Å². The third-order valence-corrected chi connectivity index (χ3v) is 6.49. The lowest BCUT2D eigenvalue weighted by Gasteiger charge is -2.36. The van der Waals surface area contributed by atoms with E-state index in [1.165, 1.54) is 12.1 Å². The fraction of sp³-hybridized carbons (Fsp3) is 0.364. The summed E-state index contributed by atoms with van der Waals surface area (Å²) in [6, 6.07) is 3.47. The lowest BCUT2D eigenvalue weighted by molar-refractivity contribution is -0.215. The molecule has 5 N–H and O–H groups in total. The number of amides is 1. The van der Waals surface area contributed by atoms with E-state index in [9.17, 15) is 36.3 Å². The number of rotatable bonds is 6. The van der Waals surface area contributed by atoms with Crippen molar-refractivity contribution >= 4 is 40.5 Å². The van der Waals surface area contributed by atoms with Crippen molar-refractivity contribution in [3.8, 4) is 0 Å².